The minimum atomic E-state index is -0.806. The maximum atomic E-state index is 12.2. The molecule has 5 heteroatoms. The molecule has 0 aromatic carbocycles. The highest BCUT2D eigenvalue weighted by molar-refractivity contribution is 5.70. The Kier molecular flexibility index (Phi) is 39.7. The molecule has 0 amide bonds. The molecule has 0 heterocycles. The van der Waals surface area contributed by atoms with Crippen LogP contribution in [0.15, 0.2) is 97.2 Å². The Morgan fingerprint density at radius 3 is 1.23 bits per heavy atom. The third-order valence-corrected chi connectivity index (χ3v) is 8.39. The number of ether oxygens (including phenoxy) is 2. The van der Waals surface area contributed by atoms with E-state index in [0.717, 1.165) is 70.6 Å². The molecule has 5 nitrogen and oxygen atoms in total. The number of allylic oxidation sites excluding steroid dienone is 16. The van der Waals surface area contributed by atoms with Crippen LogP contribution in [0.4, 0.5) is 0 Å². The molecule has 0 spiro atoms. The van der Waals surface area contributed by atoms with Gasteiger partial charge >= 0.3 is 11.9 Å². The van der Waals surface area contributed by atoms with Crippen LogP contribution in [0.2, 0.25) is 0 Å². The molecule has 0 aromatic rings. The molecule has 0 fully saturated rings. The van der Waals surface area contributed by atoms with Crippen LogP contribution in [0, 0.1) is 0 Å². The van der Waals surface area contributed by atoms with E-state index in [0.29, 0.717) is 12.8 Å². The maximum absolute atomic E-state index is 12.2. The Bertz CT molecular complexity index is 1040. The van der Waals surface area contributed by atoms with Gasteiger partial charge in [-0.1, -0.05) is 175 Å². The molecule has 0 rings (SSSR count). The van der Waals surface area contributed by atoms with Gasteiger partial charge in [0.2, 0.25) is 0 Å². The average Bonchev–Trinajstić information content (AvgIpc) is 3.15. The van der Waals surface area contributed by atoms with Crippen LogP contribution in [0.25, 0.3) is 0 Å². The number of aliphatic hydroxyl groups excluding tert-OH is 1. The zero-order chi connectivity index (χ0) is 37.8. The van der Waals surface area contributed by atoms with Crippen molar-refractivity contribution < 1.29 is 24.2 Å². The van der Waals surface area contributed by atoms with Crippen molar-refractivity contribution in [1.82, 2.24) is 0 Å². The van der Waals surface area contributed by atoms with E-state index < -0.39 is 6.10 Å². The lowest BCUT2D eigenvalue weighted by Gasteiger charge is -2.15. The first-order valence-electron chi connectivity index (χ1n) is 20.8. The van der Waals surface area contributed by atoms with Crippen molar-refractivity contribution >= 4 is 11.9 Å². The van der Waals surface area contributed by atoms with Crippen molar-refractivity contribution in [3.63, 3.8) is 0 Å². The Morgan fingerprint density at radius 1 is 0.442 bits per heavy atom. The molecule has 0 radical (unpaired) electrons. The van der Waals surface area contributed by atoms with E-state index in [9.17, 15) is 14.7 Å². The summed E-state index contributed by atoms with van der Waals surface area (Å²) in [5, 5.41) is 9.55. The lowest BCUT2D eigenvalue weighted by atomic mass is 10.0. The van der Waals surface area contributed by atoms with Gasteiger partial charge in [-0.3, -0.25) is 9.59 Å². The van der Waals surface area contributed by atoms with Crippen molar-refractivity contribution in [3.8, 4) is 0 Å². The average molecular weight is 721 g/mol. The topological polar surface area (TPSA) is 72.8 Å². The molecule has 0 aliphatic rings. The molecule has 1 N–H and O–H groups in total. The predicted molar refractivity (Wildman–Crippen MR) is 223 cm³/mol. The largest absolute Gasteiger partial charge is 0.462 e. The first-order valence-corrected chi connectivity index (χ1v) is 20.8. The summed E-state index contributed by atoms with van der Waals surface area (Å²) in [5.74, 6) is -0.696. The smallest absolute Gasteiger partial charge is 0.306 e. The first-order chi connectivity index (χ1) is 25.6. The van der Waals surface area contributed by atoms with Crippen molar-refractivity contribution in [1.29, 1.82) is 0 Å². The molecule has 1 unspecified atom stereocenters. The van der Waals surface area contributed by atoms with Crippen LogP contribution < -0.4 is 0 Å². The monoisotopic (exact) mass is 721 g/mol. The van der Waals surface area contributed by atoms with Crippen molar-refractivity contribution in [2.75, 3.05) is 13.2 Å². The molecule has 0 aromatic heterocycles. The van der Waals surface area contributed by atoms with Gasteiger partial charge in [-0.15, -0.1) is 0 Å². The number of rotatable bonds is 36. The van der Waals surface area contributed by atoms with Crippen LogP contribution in [-0.4, -0.2) is 36.4 Å². The highest BCUT2D eigenvalue weighted by atomic mass is 16.6. The number of hydrogen-bond donors (Lipinski definition) is 1. The summed E-state index contributed by atoms with van der Waals surface area (Å²) in [4.78, 5) is 24.2. The lowest BCUT2D eigenvalue weighted by Crippen LogP contribution is -2.28. The Morgan fingerprint density at radius 2 is 0.808 bits per heavy atom. The molecule has 1 atom stereocenters. The molecule has 0 aliphatic carbocycles. The van der Waals surface area contributed by atoms with Crippen LogP contribution in [0.1, 0.15) is 168 Å². The van der Waals surface area contributed by atoms with Gasteiger partial charge in [0, 0.05) is 12.8 Å². The highest BCUT2D eigenvalue weighted by Gasteiger charge is 2.15. The van der Waals surface area contributed by atoms with Crippen molar-refractivity contribution in [2.24, 2.45) is 0 Å². The second-order valence-electron chi connectivity index (χ2n) is 13.3. The molecular weight excluding hydrogens is 645 g/mol. The Balaban J connectivity index is 3.61. The quantitative estimate of drug-likeness (QED) is 0.0396. The van der Waals surface area contributed by atoms with Gasteiger partial charge in [0.1, 0.15) is 6.61 Å². The summed E-state index contributed by atoms with van der Waals surface area (Å²) < 4.78 is 10.5. The number of hydrogen-bond acceptors (Lipinski definition) is 5. The number of esters is 2. The minimum Gasteiger partial charge on any atom is -0.462 e. The lowest BCUT2D eigenvalue weighted by molar-refractivity contribution is -0.161. The molecule has 0 saturated carbocycles. The fourth-order valence-electron chi connectivity index (χ4n) is 5.32. The standard InChI is InChI=1S/C47H76O5/c1-3-5-7-9-11-13-15-17-18-19-20-21-22-23-24-25-26-27-28-30-32-34-36-38-40-42-47(50)52-45(43-48)44-51-46(49)41-39-37-35-33-31-29-16-14-12-10-8-6-4-2/h5-8,11-14,17-18,20-21,29,31,35,37,45,48H,3-4,9-10,15-16,19,22-28,30,32-34,36,38-44H2,1-2H3/b7-5-,8-6-,13-11-,14-12-,18-17-,21-20-,31-29-,37-35-. The molecule has 0 aliphatic heterocycles. The summed E-state index contributed by atoms with van der Waals surface area (Å²) in [6.45, 7) is 3.83. The van der Waals surface area contributed by atoms with E-state index in [1.807, 2.05) is 12.2 Å². The third kappa shape index (κ3) is 39.6. The second-order valence-corrected chi connectivity index (χ2v) is 13.3. The first kappa shape index (κ1) is 48.8. The van der Waals surface area contributed by atoms with Gasteiger partial charge in [0.25, 0.3) is 0 Å². The van der Waals surface area contributed by atoms with Crippen LogP contribution >= 0.6 is 0 Å². The normalized spacial score (nSPS) is 13.2. The number of unbranched alkanes of at least 4 members (excludes halogenated alkanes) is 12. The van der Waals surface area contributed by atoms with Gasteiger partial charge < -0.3 is 14.6 Å². The van der Waals surface area contributed by atoms with Gasteiger partial charge in [-0.25, -0.2) is 0 Å². The molecular formula is C47H76O5. The van der Waals surface area contributed by atoms with E-state index in [1.165, 1.54) is 64.2 Å². The summed E-state index contributed by atoms with van der Waals surface area (Å²) in [5.41, 5.74) is 0. The SMILES string of the molecule is CC/C=C\C/C=C\C/C=C\C/C=C\CCCCCCCCCCCCCCC(=O)OC(CO)COC(=O)CC/C=C\C/C=C\C/C=C\C/C=C\CC. The fraction of sp³-hybridized carbons (Fsp3) is 0.617. The number of carbonyl (C=O) groups is 2. The van der Waals surface area contributed by atoms with E-state index >= 15 is 0 Å². The van der Waals surface area contributed by atoms with Crippen LogP contribution in [0.5, 0.6) is 0 Å². The Labute approximate surface area is 319 Å². The fourth-order valence-corrected chi connectivity index (χ4v) is 5.32. The maximum Gasteiger partial charge on any atom is 0.306 e. The van der Waals surface area contributed by atoms with Gasteiger partial charge in [-0.2, -0.15) is 0 Å². The van der Waals surface area contributed by atoms with E-state index in [-0.39, 0.29) is 31.6 Å². The summed E-state index contributed by atoms with van der Waals surface area (Å²) in [7, 11) is 0. The van der Waals surface area contributed by atoms with Crippen molar-refractivity contribution in [3.05, 3.63) is 97.2 Å². The minimum absolute atomic E-state index is 0.110. The Hall–Kier alpha value is -3.18. The van der Waals surface area contributed by atoms with Gasteiger partial charge in [-0.05, 0) is 77.0 Å². The highest BCUT2D eigenvalue weighted by Crippen LogP contribution is 2.14. The second kappa shape index (κ2) is 42.2. The van der Waals surface area contributed by atoms with E-state index in [2.05, 4.69) is 98.9 Å². The molecule has 52 heavy (non-hydrogen) atoms. The predicted octanol–water partition coefficient (Wildman–Crippen LogP) is 13.3. The van der Waals surface area contributed by atoms with E-state index in [4.69, 9.17) is 9.47 Å². The summed E-state index contributed by atoms with van der Waals surface area (Å²) in [6.07, 6.45) is 59.2. The molecule has 0 bridgehead atoms. The van der Waals surface area contributed by atoms with Crippen LogP contribution in [-0.2, 0) is 19.1 Å². The van der Waals surface area contributed by atoms with Gasteiger partial charge in [0.15, 0.2) is 6.10 Å². The zero-order valence-corrected chi connectivity index (χ0v) is 33.3. The summed E-state index contributed by atoms with van der Waals surface area (Å²) in [6, 6.07) is 0. The number of carbonyl (C=O) groups excluding carboxylic acids is 2. The summed E-state index contributed by atoms with van der Waals surface area (Å²) >= 11 is 0. The number of aliphatic hydroxyl groups is 1. The zero-order valence-electron chi connectivity index (χ0n) is 33.3. The molecule has 294 valence electrons. The molecule has 0 saturated heterocycles. The van der Waals surface area contributed by atoms with Gasteiger partial charge in [0.05, 0.1) is 6.61 Å². The van der Waals surface area contributed by atoms with Crippen LogP contribution in [0.3, 0.4) is 0 Å². The van der Waals surface area contributed by atoms with E-state index in [1.54, 1.807) is 0 Å². The van der Waals surface area contributed by atoms with Crippen molar-refractivity contribution in [2.45, 2.75) is 174 Å². The third-order valence-electron chi connectivity index (χ3n) is 8.39.